The quantitative estimate of drug-likeness (QED) is 0.753. The molecule has 28 heavy (non-hydrogen) atoms. The van der Waals surface area contributed by atoms with E-state index < -0.39 is 5.76 Å². The largest absolute Gasteiger partial charge is 0.420 e. The van der Waals surface area contributed by atoms with Crippen LogP contribution in [0.3, 0.4) is 0 Å². The first-order chi connectivity index (χ1) is 13.6. The highest BCUT2D eigenvalue weighted by atomic mass is 16.4. The van der Waals surface area contributed by atoms with E-state index >= 15 is 0 Å². The van der Waals surface area contributed by atoms with E-state index in [0.717, 1.165) is 5.69 Å². The Balaban J connectivity index is 1.35. The van der Waals surface area contributed by atoms with E-state index in [9.17, 15) is 14.4 Å². The van der Waals surface area contributed by atoms with Crippen LogP contribution in [0.1, 0.15) is 0 Å². The minimum absolute atomic E-state index is 0.0773. The van der Waals surface area contributed by atoms with Gasteiger partial charge in [0.15, 0.2) is 5.58 Å². The van der Waals surface area contributed by atoms with Crippen molar-refractivity contribution in [2.24, 2.45) is 0 Å². The molecule has 1 aliphatic heterocycles. The number of piperazine rings is 1. The van der Waals surface area contributed by atoms with E-state index in [1.54, 1.807) is 34.1 Å². The number of fused-ring (bicyclic) bond motifs is 1. The highest BCUT2D eigenvalue weighted by molar-refractivity contribution is 5.89. The van der Waals surface area contributed by atoms with Crippen molar-refractivity contribution >= 4 is 28.7 Å². The standard InChI is InChI=1S/C20H20N4O4/c25-18(14-24-16-8-4-5-9-17(16)28-20(24)27)22-10-12-23(13-11-22)19(26)21-15-6-2-1-3-7-15/h1-9H,10-14H2,(H,21,26). The van der Waals surface area contributed by atoms with E-state index in [-0.39, 0.29) is 18.5 Å². The number of carbonyl (C=O) groups excluding carboxylic acids is 2. The van der Waals surface area contributed by atoms with Gasteiger partial charge in [-0.15, -0.1) is 0 Å². The Morgan fingerprint density at radius 1 is 0.893 bits per heavy atom. The van der Waals surface area contributed by atoms with Crippen molar-refractivity contribution in [1.82, 2.24) is 14.4 Å². The van der Waals surface area contributed by atoms with Gasteiger partial charge in [0.25, 0.3) is 0 Å². The van der Waals surface area contributed by atoms with Gasteiger partial charge in [-0.2, -0.15) is 0 Å². The summed E-state index contributed by atoms with van der Waals surface area (Å²) in [6, 6.07) is 16.1. The molecule has 1 fully saturated rings. The van der Waals surface area contributed by atoms with Crippen molar-refractivity contribution in [1.29, 1.82) is 0 Å². The molecule has 8 heteroatoms. The molecule has 1 aromatic heterocycles. The molecule has 0 atom stereocenters. The molecule has 1 saturated heterocycles. The van der Waals surface area contributed by atoms with Crippen LogP contribution in [-0.4, -0.2) is 52.5 Å². The van der Waals surface area contributed by atoms with Gasteiger partial charge in [0.2, 0.25) is 5.91 Å². The van der Waals surface area contributed by atoms with Gasteiger partial charge in [-0.3, -0.25) is 9.36 Å². The molecule has 1 N–H and O–H groups in total. The molecule has 144 valence electrons. The van der Waals surface area contributed by atoms with Gasteiger partial charge in [-0.25, -0.2) is 9.59 Å². The predicted octanol–water partition coefficient (Wildman–Crippen LogP) is 1.97. The second kappa shape index (κ2) is 7.59. The van der Waals surface area contributed by atoms with Crippen LogP contribution in [0.5, 0.6) is 0 Å². The average Bonchev–Trinajstić information content (AvgIpc) is 3.04. The number of aromatic nitrogens is 1. The third-order valence-corrected chi connectivity index (χ3v) is 4.81. The molecule has 0 spiro atoms. The minimum Gasteiger partial charge on any atom is -0.408 e. The fourth-order valence-corrected chi connectivity index (χ4v) is 3.28. The van der Waals surface area contributed by atoms with Crippen molar-refractivity contribution in [3.05, 3.63) is 65.1 Å². The van der Waals surface area contributed by atoms with Crippen LogP contribution in [0.2, 0.25) is 0 Å². The molecular weight excluding hydrogens is 360 g/mol. The summed E-state index contributed by atoms with van der Waals surface area (Å²) in [5, 5.41) is 2.85. The number of para-hydroxylation sites is 3. The van der Waals surface area contributed by atoms with Gasteiger partial charge in [-0.05, 0) is 24.3 Å². The van der Waals surface area contributed by atoms with Crippen LogP contribution in [0, 0.1) is 0 Å². The van der Waals surface area contributed by atoms with Crippen LogP contribution < -0.4 is 11.1 Å². The molecule has 0 bridgehead atoms. The summed E-state index contributed by atoms with van der Waals surface area (Å²) in [6.45, 7) is 1.64. The number of oxazole rings is 1. The molecular formula is C20H20N4O4. The molecule has 2 heterocycles. The van der Waals surface area contributed by atoms with Crippen molar-refractivity contribution in [2.45, 2.75) is 6.54 Å². The topological polar surface area (TPSA) is 87.8 Å². The van der Waals surface area contributed by atoms with Crippen LogP contribution >= 0.6 is 0 Å². The van der Waals surface area contributed by atoms with Gasteiger partial charge in [-0.1, -0.05) is 30.3 Å². The maximum absolute atomic E-state index is 12.6. The number of nitrogens with zero attached hydrogens (tertiary/aromatic N) is 3. The van der Waals surface area contributed by atoms with Gasteiger partial charge >= 0.3 is 11.8 Å². The maximum Gasteiger partial charge on any atom is 0.420 e. The lowest BCUT2D eigenvalue weighted by atomic mass is 10.3. The monoisotopic (exact) mass is 380 g/mol. The first kappa shape index (κ1) is 17.8. The summed E-state index contributed by atoms with van der Waals surface area (Å²) >= 11 is 0. The van der Waals surface area contributed by atoms with Crippen LogP contribution in [0.4, 0.5) is 10.5 Å². The van der Waals surface area contributed by atoms with Crippen molar-refractivity contribution in [2.75, 3.05) is 31.5 Å². The molecule has 0 aliphatic carbocycles. The molecule has 0 radical (unpaired) electrons. The van der Waals surface area contributed by atoms with Crippen LogP contribution in [0.25, 0.3) is 11.1 Å². The number of benzene rings is 2. The molecule has 0 saturated carbocycles. The maximum atomic E-state index is 12.6. The fraction of sp³-hybridized carbons (Fsp3) is 0.250. The Bertz CT molecular complexity index is 1050. The summed E-state index contributed by atoms with van der Waals surface area (Å²) in [5.41, 5.74) is 1.79. The number of nitrogens with one attached hydrogen (secondary N) is 1. The molecule has 4 rings (SSSR count). The zero-order valence-electron chi connectivity index (χ0n) is 15.2. The molecule has 3 amide bonds. The minimum atomic E-state index is -0.546. The zero-order chi connectivity index (χ0) is 19.5. The normalized spacial score (nSPS) is 14.3. The SMILES string of the molecule is O=C(Cn1c(=O)oc2ccccc21)N1CCN(C(=O)Nc2ccccc2)CC1. The first-order valence-corrected chi connectivity index (χ1v) is 9.09. The number of carbonyl (C=O) groups is 2. The molecule has 3 aromatic rings. The smallest absolute Gasteiger partial charge is 0.408 e. The van der Waals surface area contributed by atoms with Gasteiger partial charge in [0.1, 0.15) is 6.54 Å². The van der Waals surface area contributed by atoms with Crippen molar-refractivity contribution in [3.63, 3.8) is 0 Å². The van der Waals surface area contributed by atoms with Crippen molar-refractivity contribution < 1.29 is 14.0 Å². The third-order valence-electron chi connectivity index (χ3n) is 4.81. The van der Waals surface area contributed by atoms with E-state index in [0.29, 0.717) is 37.3 Å². The second-order valence-corrected chi connectivity index (χ2v) is 6.59. The van der Waals surface area contributed by atoms with Gasteiger partial charge in [0, 0.05) is 31.9 Å². The second-order valence-electron chi connectivity index (χ2n) is 6.59. The molecule has 1 aliphatic rings. The Morgan fingerprint density at radius 3 is 2.29 bits per heavy atom. The lowest BCUT2D eigenvalue weighted by molar-refractivity contribution is -0.133. The zero-order valence-corrected chi connectivity index (χ0v) is 15.2. The number of urea groups is 1. The summed E-state index contributed by atoms with van der Waals surface area (Å²) < 4.78 is 6.51. The summed E-state index contributed by atoms with van der Waals surface area (Å²) in [4.78, 5) is 40.4. The van der Waals surface area contributed by atoms with Gasteiger partial charge < -0.3 is 19.5 Å². The Morgan fingerprint density at radius 2 is 1.54 bits per heavy atom. The van der Waals surface area contributed by atoms with E-state index in [4.69, 9.17) is 4.42 Å². The first-order valence-electron chi connectivity index (χ1n) is 9.09. The van der Waals surface area contributed by atoms with Gasteiger partial charge in [0.05, 0.1) is 5.52 Å². The van der Waals surface area contributed by atoms with E-state index in [1.165, 1.54) is 4.57 Å². The Kier molecular flexibility index (Phi) is 4.84. The molecule has 8 nitrogen and oxygen atoms in total. The average molecular weight is 380 g/mol. The lowest BCUT2D eigenvalue weighted by Gasteiger charge is -2.34. The number of anilines is 1. The Labute approximate surface area is 160 Å². The molecule has 0 unspecified atom stereocenters. The summed E-state index contributed by atoms with van der Waals surface area (Å²) in [5.74, 6) is -0.716. The number of amides is 3. The van der Waals surface area contributed by atoms with Crippen molar-refractivity contribution in [3.8, 4) is 0 Å². The highest BCUT2D eigenvalue weighted by Gasteiger charge is 2.25. The number of hydrogen-bond donors (Lipinski definition) is 1. The number of hydrogen-bond acceptors (Lipinski definition) is 4. The van der Waals surface area contributed by atoms with E-state index in [1.807, 2.05) is 30.3 Å². The highest BCUT2D eigenvalue weighted by Crippen LogP contribution is 2.13. The lowest BCUT2D eigenvalue weighted by Crippen LogP contribution is -2.52. The summed E-state index contributed by atoms with van der Waals surface area (Å²) in [7, 11) is 0. The Hall–Kier alpha value is -3.55. The number of rotatable bonds is 3. The predicted molar refractivity (Wildman–Crippen MR) is 104 cm³/mol. The molecule has 2 aromatic carbocycles. The van der Waals surface area contributed by atoms with Crippen LogP contribution in [-0.2, 0) is 11.3 Å². The van der Waals surface area contributed by atoms with Crippen LogP contribution in [0.15, 0.2) is 63.8 Å². The fourth-order valence-electron chi connectivity index (χ4n) is 3.28. The third kappa shape index (κ3) is 3.62. The summed E-state index contributed by atoms with van der Waals surface area (Å²) in [6.07, 6.45) is 0. The van der Waals surface area contributed by atoms with E-state index in [2.05, 4.69) is 5.32 Å².